The predicted molar refractivity (Wildman–Crippen MR) is 83.6 cm³/mol. The maximum atomic E-state index is 12.8. The molecule has 0 aromatic carbocycles. The molecule has 6 heteroatoms. The van der Waals surface area contributed by atoms with Crippen molar-refractivity contribution in [3.05, 3.63) is 15.6 Å². The van der Waals surface area contributed by atoms with Gasteiger partial charge < -0.3 is 10.2 Å². The van der Waals surface area contributed by atoms with Crippen molar-refractivity contribution in [2.75, 3.05) is 13.1 Å². The first kappa shape index (κ1) is 15.9. The van der Waals surface area contributed by atoms with Crippen LogP contribution in [0.25, 0.3) is 0 Å². The van der Waals surface area contributed by atoms with Crippen molar-refractivity contribution in [1.82, 2.24) is 15.2 Å². The molecule has 0 unspecified atom stereocenters. The number of carbonyl (C=O) groups is 2. The number of nitrogens with zero attached hydrogens (tertiary/aromatic N) is 2. The summed E-state index contributed by atoms with van der Waals surface area (Å²) in [5.41, 5.74) is 0.827. The molecule has 0 aliphatic carbocycles. The Balaban J connectivity index is 2.05. The quantitative estimate of drug-likeness (QED) is 0.928. The fourth-order valence-electron chi connectivity index (χ4n) is 2.84. The third kappa shape index (κ3) is 4.03. The van der Waals surface area contributed by atoms with Crippen LogP contribution in [-0.2, 0) is 4.79 Å². The molecule has 2 heterocycles. The summed E-state index contributed by atoms with van der Waals surface area (Å²) in [6, 6.07) is 0.222. The van der Waals surface area contributed by atoms with Gasteiger partial charge in [0, 0.05) is 26.1 Å². The fraction of sp³-hybridized carbons (Fsp3) is 0.667. The second-order valence-electron chi connectivity index (χ2n) is 5.57. The Bertz CT molecular complexity index is 527. The van der Waals surface area contributed by atoms with Gasteiger partial charge in [-0.15, -0.1) is 11.3 Å². The van der Waals surface area contributed by atoms with Crippen molar-refractivity contribution >= 4 is 23.2 Å². The molecule has 2 amide bonds. The number of aryl methyl sites for hydroxylation is 2. The molecular weight excluding hydrogens is 286 g/mol. The molecule has 5 nitrogen and oxygen atoms in total. The number of hydrogen-bond acceptors (Lipinski definition) is 4. The van der Waals surface area contributed by atoms with E-state index >= 15 is 0 Å². The van der Waals surface area contributed by atoms with Gasteiger partial charge in [-0.1, -0.05) is 0 Å². The normalized spacial score (nSPS) is 18.6. The summed E-state index contributed by atoms with van der Waals surface area (Å²) in [7, 11) is 0. The van der Waals surface area contributed by atoms with Gasteiger partial charge in [-0.05, 0) is 39.5 Å². The van der Waals surface area contributed by atoms with Gasteiger partial charge in [-0.25, -0.2) is 4.98 Å². The molecule has 1 aliphatic heterocycles. The van der Waals surface area contributed by atoms with E-state index in [4.69, 9.17) is 0 Å². The van der Waals surface area contributed by atoms with E-state index in [0.29, 0.717) is 6.54 Å². The van der Waals surface area contributed by atoms with E-state index in [1.165, 1.54) is 18.3 Å². The van der Waals surface area contributed by atoms with Crippen LogP contribution in [0.5, 0.6) is 0 Å². The smallest absolute Gasteiger partial charge is 0.266 e. The van der Waals surface area contributed by atoms with Crippen molar-refractivity contribution in [3.8, 4) is 0 Å². The van der Waals surface area contributed by atoms with Crippen molar-refractivity contribution in [2.45, 2.75) is 52.5 Å². The molecule has 0 saturated carbocycles. The first-order valence-corrected chi connectivity index (χ1v) is 8.30. The van der Waals surface area contributed by atoms with E-state index in [1.54, 1.807) is 0 Å². The molecule has 1 atom stereocenters. The topological polar surface area (TPSA) is 62.3 Å². The number of rotatable bonds is 4. The van der Waals surface area contributed by atoms with Crippen molar-refractivity contribution in [1.29, 1.82) is 0 Å². The molecule has 2 rings (SSSR count). The first-order valence-electron chi connectivity index (χ1n) is 7.48. The molecule has 1 saturated heterocycles. The highest BCUT2D eigenvalue weighted by atomic mass is 32.1. The molecule has 0 spiro atoms. The van der Waals surface area contributed by atoms with Crippen LogP contribution >= 0.6 is 11.3 Å². The molecule has 0 bridgehead atoms. The van der Waals surface area contributed by atoms with E-state index < -0.39 is 0 Å². The van der Waals surface area contributed by atoms with E-state index in [-0.39, 0.29) is 17.9 Å². The van der Waals surface area contributed by atoms with E-state index in [2.05, 4.69) is 10.3 Å². The number of carbonyl (C=O) groups excluding carboxylic acids is 2. The van der Waals surface area contributed by atoms with Crippen molar-refractivity contribution < 1.29 is 9.59 Å². The molecule has 21 heavy (non-hydrogen) atoms. The summed E-state index contributed by atoms with van der Waals surface area (Å²) >= 11 is 1.47. The van der Waals surface area contributed by atoms with Gasteiger partial charge in [0.05, 0.1) is 10.7 Å². The minimum absolute atomic E-state index is 0.0161. The summed E-state index contributed by atoms with van der Waals surface area (Å²) in [5.74, 6) is 0.0863. The minimum Gasteiger partial charge on any atom is -0.356 e. The Morgan fingerprint density at radius 1 is 1.38 bits per heavy atom. The largest absolute Gasteiger partial charge is 0.356 e. The summed E-state index contributed by atoms with van der Waals surface area (Å²) in [5, 5.41) is 3.75. The molecule has 1 N–H and O–H groups in total. The van der Waals surface area contributed by atoms with Crippen LogP contribution in [0.1, 0.15) is 53.0 Å². The van der Waals surface area contributed by atoms with Gasteiger partial charge in [0.1, 0.15) is 4.88 Å². The highest BCUT2D eigenvalue weighted by molar-refractivity contribution is 7.13. The number of aromatic nitrogens is 1. The molecule has 116 valence electrons. The van der Waals surface area contributed by atoms with Crippen LogP contribution in [0.2, 0.25) is 0 Å². The molecule has 0 radical (unpaired) electrons. The second-order valence-corrected chi connectivity index (χ2v) is 6.77. The van der Waals surface area contributed by atoms with Crippen LogP contribution in [0, 0.1) is 13.8 Å². The molecule has 1 fully saturated rings. The van der Waals surface area contributed by atoms with Crippen LogP contribution < -0.4 is 5.32 Å². The summed E-state index contributed by atoms with van der Waals surface area (Å²) in [6.07, 6.45) is 4.04. The Kier molecular flexibility index (Phi) is 5.33. The lowest BCUT2D eigenvalue weighted by Crippen LogP contribution is -2.45. The molecule has 1 aromatic heterocycles. The van der Waals surface area contributed by atoms with E-state index in [1.807, 2.05) is 18.7 Å². The zero-order valence-corrected chi connectivity index (χ0v) is 13.8. The van der Waals surface area contributed by atoms with Crippen LogP contribution in [-0.4, -0.2) is 40.8 Å². The lowest BCUT2D eigenvalue weighted by atomic mass is 9.99. The van der Waals surface area contributed by atoms with Crippen LogP contribution in [0.3, 0.4) is 0 Å². The highest BCUT2D eigenvalue weighted by Gasteiger charge is 2.29. The Morgan fingerprint density at radius 3 is 2.76 bits per heavy atom. The lowest BCUT2D eigenvalue weighted by Gasteiger charge is -2.35. The van der Waals surface area contributed by atoms with E-state index in [9.17, 15) is 9.59 Å². The number of likely N-dealkylation sites (tertiary alicyclic amines) is 1. The molecular formula is C15H23N3O2S. The first-order chi connectivity index (χ1) is 9.99. The van der Waals surface area contributed by atoms with Crippen molar-refractivity contribution in [3.63, 3.8) is 0 Å². The highest BCUT2D eigenvalue weighted by Crippen LogP contribution is 2.25. The number of thiazole rings is 1. The van der Waals surface area contributed by atoms with Gasteiger partial charge in [-0.3, -0.25) is 9.59 Å². The van der Waals surface area contributed by atoms with Gasteiger partial charge >= 0.3 is 0 Å². The average molecular weight is 309 g/mol. The number of amides is 2. The third-order valence-corrected chi connectivity index (χ3v) is 4.90. The standard InChI is InChI=1S/C15H23N3O2S/c1-10-14(21-12(3)17-10)15(20)18-9-5-4-6-13(18)7-8-16-11(2)19/h13H,4-9H2,1-3H3,(H,16,19)/t13-/m1/s1. The van der Waals surface area contributed by atoms with Crippen LogP contribution in [0.4, 0.5) is 0 Å². The number of piperidine rings is 1. The van der Waals surface area contributed by atoms with Gasteiger partial charge in [0.15, 0.2) is 0 Å². The lowest BCUT2D eigenvalue weighted by molar-refractivity contribution is -0.119. The average Bonchev–Trinajstić information content (AvgIpc) is 2.77. The minimum atomic E-state index is -0.0161. The SMILES string of the molecule is CC(=O)NCC[C@H]1CCCCN1C(=O)c1sc(C)nc1C. The number of hydrogen-bond donors (Lipinski definition) is 1. The number of nitrogens with one attached hydrogen (secondary N) is 1. The zero-order chi connectivity index (χ0) is 15.4. The Hall–Kier alpha value is -1.43. The molecule has 1 aromatic rings. The monoisotopic (exact) mass is 309 g/mol. The predicted octanol–water partition coefficient (Wildman–Crippen LogP) is 2.28. The maximum Gasteiger partial charge on any atom is 0.266 e. The van der Waals surface area contributed by atoms with E-state index in [0.717, 1.165) is 47.8 Å². The Morgan fingerprint density at radius 2 is 2.14 bits per heavy atom. The third-order valence-electron chi connectivity index (χ3n) is 3.84. The summed E-state index contributed by atoms with van der Waals surface area (Å²) < 4.78 is 0. The maximum absolute atomic E-state index is 12.8. The second kappa shape index (κ2) is 7.02. The molecule has 1 aliphatic rings. The zero-order valence-electron chi connectivity index (χ0n) is 12.9. The summed E-state index contributed by atoms with van der Waals surface area (Å²) in [4.78, 5) is 30.8. The fourth-order valence-corrected chi connectivity index (χ4v) is 3.72. The van der Waals surface area contributed by atoms with Crippen molar-refractivity contribution in [2.24, 2.45) is 0 Å². The Labute approximate surface area is 129 Å². The summed E-state index contributed by atoms with van der Waals surface area (Å²) in [6.45, 7) is 6.78. The van der Waals surface area contributed by atoms with Gasteiger partial charge in [0.25, 0.3) is 5.91 Å². The van der Waals surface area contributed by atoms with Gasteiger partial charge in [0.2, 0.25) is 5.91 Å². The van der Waals surface area contributed by atoms with Crippen LogP contribution in [0.15, 0.2) is 0 Å². The van der Waals surface area contributed by atoms with Gasteiger partial charge in [-0.2, -0.15) is 0 Å².